The fraction of sp³-hybridized carbons (Fsp3) is 0.423. The van der Waals surface area contributed by atoms with E-state index >= 15 is 0 Å². The number of aliphatic hydroxyl groups is 1. The van der Waals surface area contributed by atoms with Crippen LogP contribution in [0.3, 0.4) is 0 Å². The third-order valence-corrected chi connectivity index (χ3v) is 5.56. The third kappa shape index (κ3) is 8.02. The lowest BCUT2D eigenvalue weighted by Gasteiger charge is -2.25. The molecule has 1 N–H and O–H groups in total. The maximum absolute atomic E-state index is 13.9. The van der Waals surface area contributed by atoms with Gasteiger partial charge in [0.2, 0.25) is 5.88 Å². The van der Waals surface area contributed by atoms with Crippen molar-refractivity contribution >= 4 is 11.6 Å². The first-order chi connectivity index (χ1) is 16.8. The van der Waals surface area contributed by atoms with Crippen LogP contribution < -0.4 is 4.74 Å². The molecule has 0 aliphatic heterocycles. The summed E-state index contributed by atoms with van der Waals surface area (Å²) < 4.78 is 32.6. The van der Waals surface area contributed by atoms with Crippen LogP contribution in [0.15, 0.2) is 48.5 Å². The van der Waals surface area contributed by atoms with Gasteiger partial charge in [0.15, 0.2) is 0 Å². The molecular weight excluding hydrogens is 473 g/mol. The molecule has 0 amide bonds. The molecule has 3 rings (SSSR count). The average molecular weight is 506 g/mol. The zero-order valence-corrected chi connectivity index (χ0v) is 21.3. The van der Waals surface area contributed by atoms with Crippen molar-refractivity contribution < 1.29 is 23.7 Å². The first-order valence-corrected chi connectivity index (χ1v) is 11.9. The van der Waals surface area contributed by atoms with Crippen LogP contribution in [0.5, 0.6) is 11.6 Å². The predicted molar refractivity (Wildman–Crippen MR) is 134 cm³/mol. The molecule has 0 spiro atoms. The first kappa shape index (κ1) is 27.1. The van der Waals surface area contributed by atoms with Gasteiger partial charge in [-0.3, -0.25) is 4.90 Å². The number of nitrogens with zero attached hydrogens (tertiary/aromatic N) is 3. The van der Waals surface area contributed by atoms with Crippen molar-refractivity contribution in [2.24, 2.45) is 0 Å². The van der Waals surface area contributed by atoms with Gasteiger partial charge in [-0.2, -0.15) is 5.10 Å². The van der Waals surface area contributed by atoms with E-state index in [1.165, 1.54) is 12.1 Å². The largest absolute Gasteiger partial charge is 0.438 e. The standard InChI is InChI=1S/C26H33ClFN3O4/c1-18(2)34-17-23(32)15-30(12-13-33-4)16-25-19(3)29-31(22-10-8-20(27)9-11-22)26(25)35-24-7-5-6-21(28)14-24/h5-11,14,18,23,32H,12-13,15-17H2,1-4H3. The minimum atomic E-state index is -0.673. The molecule has 0 saturated heterocycles. The van der Waals surface area contributed by atoms with E-state index in [1.807, 2.05) is 32.9 Å². The van der Waals surface area contributed by atoms with Gasteiger partial charge in [0.05, 0.1) is 42.4 Å². The second-order valence-electron chi connectivity index (χ2n) is 8.58. The van der Waals surface area contributed by atoms with Gasteiger partial charge in [-0.1, -0.05) is 17.7 Å². The molecule has 35 heavy (non-hydrogen) atoms. The summed E-state index contributed by atoms with van der Waals surface area (Å²) in [5.41, 5.74) is 2.32. The van der Waals surface area contributed by atoms with Crippen molar-refractivity contribution in [3.8, 4) is 17.3 Å². The Kier molecular flexibility index (Phi) is 10.1. The van der Waals surface area contributed by atoms with Gasteiger partial charge in [-0.05, 0) is 57.2 Å². The molecule has 0 saturated carbocycles. The highest BCUT2D eigenvalue weighted by Crippen LogP contribution is 2.32. The molecule has 1 heterocycles. The average Bonchev–Trinajstić information content (AvgIpc) is 3.11. The quantitative estimate of drug-likeness (QED) is 0.352. The van der Waals surface area contributed by atoms with Crippen LogP contribution in [-0.2, 0) is 16.0 Å². The molecule has 1 atom stereocenters. The number of hydrogen-bond acceptors (Lipinski definition) is 6. The Hall–Kier alpha value is -2.49. The second-order valence-corrected chi connectivity index (χ2v) is 9.02. The van der Waals surface area contributed by atoms with Gasteiger partial charge in [0.1, 0.15) is 11.6 Å². The summed E-state index contributed by atoms with van der Waals surface area (Å²) in [6.45, 7) is 7.87. The molecule has 0 aliphatic carbocycles. The van der Waals surface area contributed by atoms with Crippen molar-refractivity contribution in [3.05, 3.63) is 70.6 Å². The van der Waals surface area contributed by atoms with Crippen LogP contribution in [0, 0.1) is 12.7 Å². The molecule has 190 valence electrons. The Morgan fingerprint density at radius 1 is 1.17 bits per heavy atom. The Labute approximate surface area is 211 Å². The number of hydrogen-bond donors (Lipinski definition) is 1. The van der Waals surface area contributed by atoms with Gasteiger partial charge >= 0.3 is 0 Å². The molecule has 0 bridgehead atoms. The molecule has 7 nitrogen and oxygen atoms in total. The van der Waals surface area contributed by atoms with E-state index in [4.69, 9.17) is 30.9 Å². The maximum Gasteiger partial charge on any atom is 0.227 e. The van der Waals surface area contributed by atoms with Crippen LogP contribution >= 0.6 is 11.6 Å². The first-order valence-electron chi connectivity index (χ1n) is 11.6. The van der Waals surface area contributed by atoms with Crippen molar-refractivity contribution in [3.63, 3.8) is 0 Å². The Balaban J connectivity index is 1.95. The minimum Gasteiger partial charge on any atom is -0.438 e. The fourth-order valence-corrected chi connectivity index (χ4v) is 3.68. The SMILES string of the molecule is COCCN(Cc1c(C)nn(-c2ccc(Cl)cc2)c1Oc1cccc(F)c1)CC(O)COC(C)C. The summed E-state index contributed by atoms with van der Waals surface area (Å²) in [5.74, 6) is 0.425. The highest BCUT2D eigenvalue weighted by atomic mass is 35.5. The van der Waals surface area contributed by atoms with E-state index in [1.54, 1.807) is 36.1 Å². The number of aliphatic hydroxyl groups excluding tert-OH is 1. The minimum absolute atomic E-state index is 0.0307. The molecule has 1 aromatic heterocycles. The van der Waals surface area contributed by atoms with Gasteiger partial charge in [-0.25, -0.2) is 9.07 Å². The molecule has 0 radical (unpaired) electrons. The van der Waals surface area contributed by atoms with Gasteiger partial charge in [-0.15, -0.1) is 0 Å². The molecule has 9 heteroatoms. The van der Waals surface area contributed by atoms with Gasteiger partial charge in [0, 0.05) is 37.8 Å². The number of benzene rings is 2. The van der Waals surface area contributed by atoms with E-state index in [0.717, 1.165) is 16.9 Å². The van der Waals surface area contributed by atoms with Crippen molar-refractivity contribution in [2.75, 3.05) is 33.4 Å². The lowest BCUT2D eigenvalue weighted by Crippen LogP contribution is -2.37. The number of ether oxygens (including phenoxy) is 3. The fourth-order valence-electron chi connectivity index (χ4n) is 3.56. The van der Waals surface area contributed by atoms with E-state index in [-0.39, 0.29) is 12.7 Å². The predicted octanol–water partition coefficient (Wildman–Crippen LogP) is 5.00. The van der Waals surface area contributed by atoms with Crippen molar-refractivity contribution in [1.29, 1.82) is 0 Å². The normalized spacial score (nSPS) is 12.5. The summed E-state index contributed by atoms with van der Waals surface area (Å²) in [6.07, 6.45) is -0.642. The highest BCUT2D eigenvalue weighted by Gasteiger charge is 2.23. The maximum atomic E-state index is 13.9. The Morgan fingerprint density at radius 2 is 1.91 bits per heavy atom. The smallest absolute Gasteiger partial charge is 0.227 e. The number of aromatic nitrogens is 2. The number of rotatable bonds is 13. The van der Waals surface area contributed by atoms with E-state index < -0.39 is 11.9 Å². The van der Waals surface area contributed by atoms with Crippen LogP contribution in [0.2, 0.25) is 5.02 Å². The molecule has 3 aromatic rings. The topological polar surface area (TPSA) is 69.0 Å². The van der Waals surface area contributed by atoms with Crippen LogP contribution in [0.1, 0.15) is 25.1 Å². The lowest BCUT2D eigenvalue weighted by molar-refractivity contribution is -0.0122. The summed E-state index contributed by atoms with van der Waals surface area (Å²) >= 11 is 6.08. The highest BCUT2D eigenvalue weighted by molar-refractivity contribution is 6.30. The number of halogens is 2. The summed E-state index contributed by atoms with van der Waals surface area (Å²) in [4.78, 5) is 2.06. The van der Waals surface area contributed by atoms with E-state index in [0.29, 0.717) is 42.9 Å². The number of aryl methyl sites for hydroxylation is 1. The van der Waals surface area contributed by atoms with Crippen LogP contribution in [0.4, 0.5) is 4.39 Å². The van der Waals surface area contributed by atoms with Gasteiger partial charge < -0.3 is 19.3 Å². The monoisotopic (exact) mass is 505 g/mol. The zero-order valence-electron chi connectivity index (χ0n) is 20.6. The summed E-state index contributed by atoms with van der Waals surface area (Å²) in [6, 6.07) is 13.2. The van der Waals surface area contributed by atoms with E-state index in [2.05, 4.69) is 4.90 Å². The van der Waals surface area contributed by atoms with Crippen LogP contribution in [0.25, 0.3) is 5.69 Å². The Morgan fingerprint density at radius 3 is 2.57 bits per heavy atom. The van der Waals surface area contributed by atoms with Crippen molar-refractivity contribution in [2.45, 2.75) is 39.5 Å². The molecular formula is C26H33ClFN3O4. The molecule has 0 aliphatic rings. The lowest BCUT2D eigenvalue weighted by atomic mass is 10.2. The molecule has 1 unspecified atom stereocenters. The number of methoxy groups -OCH3 is 1. The summed E-state index contributed by atoms with van der Waals surface area (Å²) in [5, 5.41) is 15.9. The third-order valence-electron chi connectivity index (χ3n) is 5.30. The Bertz CT molecular complexity index is 1070. The zero-order chi connectivity index (χ0) is 25.4. The second kappa shape index (κ2) is 13.0. The van der Waals surface area contributed by atoms with Gasteiger partial charge in [0.25, 0.3) is 0 Å². The van der Waals surface area contributed by atoms with E-state index in [9.17, 15) is 9.50 Å². The van der Waals surface area contributed by atoms with Crippen LogP contribution in [-0.4, -0.2) is 65.4 Å². The molecule has 2 aromatic carbocycles. The summed E-state index contributed by atoms with van der Waals surface area (Å²) in [7, 11) is 1.64. The van der Waals surface area contributed by atoms with Crippen molar-refractivity contribution in [1.82, 2.24) is 14.7 Å². The molecule has 0 fully saturated rings.